The molecular formula is C16H21N2P. The highest BCUT2D eigenvalue weighted by molar-refractivity contribution is 7.70. The van der Waals surface area contributed by atoms with Crippen LogP contribution in [-0.4, -0.2) is 24.3 Å². The summed E-state index contributed by atoms with van der Waals surface area (Å²) in [5.74, 6) is 0. The number of benzene rings is 2. The lowest BCUT2D eigenvalue weighted by molar-refractivity contribution is 0.497. The van der Waals surface area contributed by atoms with Gasteiger partial charge < -0.3 is 5.73 Å². The van der Waals surface area contributed by atoms with Crippen molar-refractivity contribution < 1.29 is 0 Å². The lowest BCUT2D eigenvalue weighted by atomic mass is 10.4. The number of nitrogens with two attached hydrogens (primary N) is 1. The molecule has 0 heterocycles. The number of nitrogens with zero attached hydrogens (tertiary/aromatic N) is 1. The van der Waals surface area contributed by atoms with Crippen molar-refractivity contribution in [3.8, 4) is 0 Å². The van der Waals surface area contributed by atoms with Gasteiger partial charge in [0.15, 0.2) is 0 Å². The first-order valence-corrected chi connectivity index (χ1v) is 8.01. The zero-order valence-electron chi connectivity index (χ0n) is 11.4. The molecule has 2 aromatic rings. The van der Waals surface area contributed by atoms with Crippen LogP contribution < -0.4 is 16.3 Å². The number of rotatable bonds is 6. The fourth-order valence-corrected chi connectivity index (χ4v) is 4.62. The van der Waals surface area contributed by atoms with E-state index in [0.717, 1.165) is 13.1 Å². The molecule has 2 N–H and O–H groups in total. The summed E-state index contributed by atoms with van der Waals surface area (Å²) in [6, 6.07) is 21.5. The average molecular weight is 272 g/mol. The normalized spacial score (nSPS) is 11.2. The van der Waals surface area contributed by atoms with E-state index in [0.29, 0.717) is 6.54 Å². The fourth-order valence-electron chi connectivity index (χ4n) is 2.16. The van der Waals surface area contributed by atoms with Crippen LogP contribution in [0.3, 0.4) is 0 Å². The highest BCUT2D eigenvalue weighted by Crippen LogP contribution is 2.37. The van der Waals surface area contributed by atoms with Crippen LogP contribution >= 0.6 is 8.07 Å². The quantitative estimate of drug-likeness (QED) is 0.818. The molecule has 19 heavy (non-hydrogen) atoms. The Morgan fingerprint density at radius 1 is 0.895 bits per heavy atom. The second kappa shape index (κ2) is 7.40. The third kappa shape index (κ3) is 3.63. The van der Waals surface area contributed by atoms with Gasteiger partial charge in [-0.3, -0.25) is 4.67 Å². The molecule has 0 unspecified atom stereocenters. The van der Waals surface area contributed by atoms with E-state index in [1.807, 2.05) is 0 Å². The second-order valence-electron chi connectivity index (χ2n) is 4.32. The van der Waals surface area contributed by atoms with Crippen molar-refractivity contribution in [2.24, 2.45) is 5.73 Å². The first-order chi connectivity index (χ1) is 9.36. The molecule has 0 aromatic heterocycles. The molecule has 0 fully saturated rings. The predicted octanol–water partition coefficient (Wildman–Crippen LogP) is 2.31. The average Bonchev–Trinajstić information content (AvgIpc) is 2.49. The molecule has 0 radical (unpaired) electrons. The molecule has 0 aliphatic heterocycles. The van der Waals surface area contributed by atoms with Gasteiger partial charge in [0.05, 0.1) is 0 Å². The van der Waals surface area contributed by atoms with E-state index in [4.69, 9.17) is 5.73 Å². The van der Waals surface area contributed by atoms with Crippen LogP contribution in [0, 0.1) is 0 Å². The SMILES string of the molecule is CCN(CCN)P(c1ccccc1)c1ccccc1. The Morgan fingerprint density at radius 2 is 1.37 bits per heavy atom. The minimum atomic E-state index is -0.467. The fraction of sp³-hybridized carbons (Fsp3) is 0.250. The molecule has 3 heteroatoms. The van der Waals surface area contributed by atoms with Gasteiger partial charge in [-0.2, -0.15) is 0 Å². The molecule has 0 amide bonds. The number of hydrogen-bond acceptors (Lipinski definition) is 2. The Bertz CT molecular complexity index is 433. The first kappa shape index (κ1) is 14.2. The Balaban J connectivity index is 2.38. The topological polar surface area (TPSA) is 29.3 Å². The molecule has 100 valence electrons. The summed E-state index contributed by atoms with van der Waals surface area (Å²) >= 11 is 0. The van der Waals surface area contributed by atoms with Gasteiger partial charge >= 0.3 is 0 Å². The van der Waals surface area contributed by atoms with Crippen LogP contribution in [0.15, 0.2) is 60.7 Å². The maximum atomic E-state index is 5.77. The number of likely N-dealkylation sites (N-methyl/N-ethyl adjacent to an activating group) is 1. The molecule has 2 aromatic carbocycles. The summed E-state index contributed by atoms with van der Waals surface area (Å²) in [5.41, 5.74) is 5.77. The summed E-state index contributed by atoms with van der Waals surface area (Å²) in [4.78, 5) is 0. The van der Waals surface area contributed by atoms with Crippen LogP contribution in [-0.2, 0) is 0 Å². The Kier molecular flexibility index (Phi) is 5.53. The van der Waals surface area contributed by atoms with Gasteiger partial charge in [-0.25, -0.2) is 0 Å². The van der Waals surface area contributed by atoms with Gasteiger partial charge in [-0.1, -0.05) is 67.6 Å². The van der Waals surface area contributed by atoms with Crippen molar-refractivity contribution in [3.05, 3.63) is 60.7 Å². The van der Waals surface area contributed by atoms with Gasteiger partial charge in [0.1, 0.15) is 0 Å². The summed E-state index contributed by atoms with van der Waals surface area (Å²) < 4.78 is 2.49. The van der Waals surface area contributed by atoms with Gasteiger partial charge in [0.25, 0.3) is 0 Å². The molecule has 0 spiro atoms. The summed E-state index contributed by atoms with van der Waals surface area (Å²) in [7, 11) is -0.467. The van der Waals surface area contributed by atoms with E-state index >= 15 is 0 Å². The smallest absolute Gasteiger partial charge is 0.0281 e. The monoisotopic (exact) mass is 272 g/mol. The van der Waals surface area contributed by atoms with Crippen molar-refractivity contribution in [1.29, 1.82) is 0 Å². The maximum Gasteiger partial charge on any atom is 0.0281 e. The molecule has 2 nitrogen and oxygen atoms in total. The van der Waals surface area contributed by atoms with Crippen LogP contribution in [0.2, 0.25) is 0 Å². The Hall–Kier alpha value is -1.21. The van der Waals surface area contributed by atoms with Crippen molar-refractivity contribution in [2.75, 3.05) is 19.6 Å². The molecule has 0 saturated carbocycles. The summed E-state index contributed by atoms with van der Waals surface area (Å²) in [6.45, 7) is 4.86. The molecule has 2 rings (SSSR count). The van der Waals surface area contributed by atoms with Crippen molar-refractivity contribution in [1.82, 2.24) is 4.67 Å². The maximum absolute atomic E-state index is 5.77. The third-order valence-corrected chi connectivity index (χ3v) is 5.66. The predicted molar refractivity (Wildman–Crippen MR) is 85.4 cm³/mol. The summed E-state index contributed by atoms with van der Waals surface area (Å²) in [6.07, 6.45) is 0. The van der Waals surface area contributed by atoms with Crippen LogP contribution in [0.25, 0.3) is 0 Å². The minimum Gasteiger partial charge on any atom is -0.329 e. The summed E-state index contributed by atoms with van der Waals surface area (Å²) in [5, 5.41) is 2.78. The Morgan fingerprint density at radius 3 is 1.74 bits per heavy atom. The molecular weight excluding hydrogens is 251 g/mol. The molecule has 0 aliphatic rings. The zero-order valence-corrected chi connectivity index (χ0v) is 12.3. The lowest BCUT2D eigenvalue weighted by Gasteiger charge is -2.31. The van der Waals surface area contributed by atoms with Crippen LogP contribution in [0.5, 0.6) is 0 Å². The van der Waals surface area contributed by atoms with Crippen LogP contribution in [0.1, 0.15) is 6.92 Å². The Labute approximate surface area is 117 Å². The van der Waals surface area contributed by atoms with Gasteiger partial charge in [0.2, 0.25) is 0 Å². The highest BCUT2D eigenvalue weighted by Gasteiger charge is 2.19. The highest BCUT2D eigenvalue weighted by atomic mass is 31.1. The van der Waals surface area contributed by atoms with Crippen molar-refractivity contribution in [2.45, 2.75) is 6.92 Å². The third-order valence-electron chi connectivity index (χ3n) is 3.04. The standard InChI is InChI=1S/C16H21N2P/c1-2-18(14-13-17)19(15-9-5-3-6-10-15)16-11-7-4-8-12-16/h3-12H,2,13-14,17H2,1H3. The van der Waals surface area contributed by atoms with E-state index in [9.17, 15) is 0 Å². The lowest BCUT2D eigenvalue weighted by Crippen LogP contribution is -2.32. The molecule has 0 bridgehead atoms. The second-order valence-corrected chi connectivity index (χ2v) is 6.54. The molecule has 0 aliphatic carbocycles. The largest absolute Gasteiger partial charge is 0.329 e. The van der Waals surface area contributed by atoms with Gasteiger partial charge in [-0.05, 0) is 17.2 Å². The number of hydrogen-bond donors (Lipinski definition) is 1. The zero-order chi connectivity index (χ0) is 13.5. The van der Waals surface area contributed by atoms with Gasteiger partial charge in [0, 0.05) is 21.2 Å². The van der Waals surface area contributed by atoms with E-state index in [1.54, 1.807) is 0 Å². The molecule has 0 saturated heterocycles. The van der Waals surface area contributed by atoms with Gasteiger partial charge in [-0.15, -0.1) is 0 Å². The van der Waals surface area contributed by atoms with E-state index in [2.05, 4.69) is 72.3 Å². The van der Waals surface area contributed by atoms with Crippen molar-refractivity contribution in [3.63, 3.8) is 0 Å². The van der Waals surface area contributed by atoms with Crippen LogP contribution in [0.4, 0.5) is 0 Å². The van der Waals surface area contributed by atoms with Crippen molar-refractivity contribution >= 4 is 18.7 Å². The molecule has 0 atom stereocenters. The van der Waals surface area contributed by atoms with E-state index < -0.39 is 8.07 Å². The minimum absolute atomic E-state index is 0.467. The van der Waals surface area contributed by atoms with E-state index in [-0.39, 0.29) is 0 Å². The first-order valence-electron chi connectivity index (χ1n) is 6.72. The van der Waals surface area contributed by atoms with E-state index in [1.165, 1.54) is 10.6 Å².